The van der Waals surface area contributed by atoms with Crippen molar-refractivity contribution in [1.29, 1.82) is 0 Å². The lowest BCUT2D eigenvalue weighted by molar-refractivity contribution is -0.130. The predicted octanol–water partition coefficient (Wildman–Crippen LogP) is 3.12. The van der Waals surface area contributed by atoms with E-state index in [1.54, 1.807) is 62.6 Å². The summed E-state index contributed by atoms with van der Waals surface area (Å²) in [5, 5.41) is 0. The van der Waals surface area contributed by atoms with Gasteiger partial charge in [-0.25, -0.2) is 4.39 Å². The number of carbonyl (C=O) groups is 2. The smallest absolute Gasteiger partial charge is 0.259 e. The monoisotopic (exact) mass is 370 g/mol. The maximum atomic E-state index is 13.9. The van der Waals surface area contributed by atoms with Gasteiger partial charge < -0.3 is 14.5 Å². The zero-order chi connectivity index (χ0) is 19.8. The third-order valence-electron chi connectivity index (χ3n) is 3.90. The molecule has 0 saturated carbocycles. The summed E-state index contributed by atoms with van der Waals surface area (Å²) in [6.07, 6.45) is 1.59. The summed E-state index contributed by atoms with van der Waals surface area (Å²) in [6.45, 7) is 3.96. The first-order valence-corrected chi connectivity index (χ1v) is 8.49. The maximum Gasteiger partial charge on any atom is 0.259 e. The Kier molecular flexibility index (Phi) is 7.11. The highest BCUT2D eigenvalue weighted by atomic mass is 19.1. The fraction of sp³-hybridized carbons (Fsp3) is 0.238. The van der Waals surface area contributed by atoms with Gasteiger partial charge >= 0.3 is 0 Å². The summed E-state index contributed by atoms with van der Waals surface area (Å²) in [6, 6.07) is 12.9. The normalized spacial score (nSPS) is 10.2. The minimum atomic E-state index is -0.362. The molecule has 0 aromatic heterocycles. The van der Waals surface area contributed by atoms with E-state index in [-0.39, 0.29) is 37.3 Å². The van der Waals surface area contributed by atoms with Crippen LogP contribution in [-0.4, -0.2) is 48.9 Å². The van der Waals surface area contributed by atoms with Gasteiger partial charge in [0.15, 0.2) is 6.61 Å². The second-order valence-corrected chi connectivity index (χ2v) is 6.17. The van der Waals surface area contributed by atoms with Crippen molar-refractivity contribution in [3.05, 3.63) is 78.1 Å². The molecule has 0 radical (unpaired) electrons. The van der Waals surface area contributed by atoms with E-state index in [1.807, 2.05) is 0 Å². The number of amides is 2. The minimum Gasteiger partial charge on any atom is -0.484 e. The molecular weight excluding hydrogens is 347 g/mol. The molecule has 0 N–H and O–H groups in total. The molecule has 0 aliphatic heterocycles. The van der Waals surface area contributed by atoms with Crippen molar-refractivity contribution >= 4 is 11.8 Å². The fourth-order valence-electron chi connectivity index (χ4n) is 2.38. The average Bonchev–Trinajstić information content (AvgIpc) is 2.67. The van der Waals surface area contributed by atoms with Crippen molar-refractivity contribution in [2.45, 2.75) is 6.54 Å². The molecule has 142 valence electrons. The van der Waals surface area contributed by atoms with Crippen molar-refractivity contribution < 1.29 is 18.7 Å². The first-order valence-electron chi connectivity index (χ1n) is 8.49. The van der Waals surface area contributed by atoms with E-state index in [4.69, 9.17) is 4.74 Å². The third-order valence-corrected chi connectivity index (χ3v) is 3.90. The van der Waals surface area contributed by atoms with Crippen LogP contribution in [0.4, 0.5) is 4.39 Å². The van der Waals surface area contributed by atoms with Crippen LogP contribution in [0.15, 0.2) is 61.2 Å². The lowest BCUT2D eigenvalue weighted by atomic mass is 10.1. The van der Waals surface area contributed by atoms with Crippen LogP contribution in [0.3, 0.4) is 0 Å². The number of hydrogen-bond donors (Lipinski definition) is 0. The highest BCUT2D eigenvalue weighted by Crippen LogP contribution is 2.17. The van der Waals surface area contributed by atoms with Crippen molar-refractivity contribution in [3.63, 3.8) is 0 Å². The molecule has 0 saturated heterocycles. The molecule has 2 amide bonds. The summed E-state index contributed by atoms with van der Waals surface area (Å²) >= 11 is 0. The molecule has 0 spiro atoms. The van der Waals surface area contributed by atoms with E-state index in [9.17, 15) is 14.0 Å². The predicted molar refractivity (Wildman–Crippen MR) is 102 cm³/mol. The van der Waals surface area contributed by atoms with Gasteiger partial charge in [0.25, 0.3) is 11.8 Å². The zero-order valence-corrected chi connectivity index (χ0v) is 15.5. The Morgan fingerprint density at radius 1 is 1.15 bits per heavy atom. The van der Waals surface area contributed by atoms with E-state index >= 15 is 0 Å². The lowest BCUT2D eigenvalue weighted by Gasteiger charge is -2.22. The molecule has 0 fully saturated rings. The molecule has 5 nitrogen and oxygen atoms in total. The molecular formula is C21H23FN2O3. The van der Waals surface area contributed by atoms with Gasteiger partial charge in [-0.2, -0.15) is 0 Å². The molecule has 2 aromatic carbocycles. The van der Waals surface area contributed by atoms with Crippen molar-refractivity contribution in [2.75, 3.05) is 27.2 Å². The molecule has 0 heterocycles. The highest BCUT2D eigenvalue weighted by molar-refractivity contribution is 5.94. The maximum absolute atomic E-state index is 13.9. The van der Waals surface area contributed by atoms with Gasteiger partial charge in [-0.15, -0.1) is 6.58 Å². The van der Waals surface area contributed by atoms with E-state index in [0.29, 0.717) is 16.9 Å². The van der Waals surface area contributed by atoms with Gasteiger partial charge in [-0.05, 0) is 24.3 Å². The van der Waals surface area contributed by atoms with E-state index in [2.05, 4.69) is 6.58 Å². The van der Waals surface area contributed by atoms with Gasteiger partial charge in [0.1, 0.15) is 11.6 Å². The summed E-state index contributed by atoms with van der Waals surface area (Å²) in [5.74, 6) is -0.402. The molecule has 2 rings (SSSR count). The number of hydrogen-bond acceptors (Lipinski definition) is 3. The van der Waals surface area contributed by atoms with Gasteiger partial charge in [0.05, 0.1) is 0 Å². The topological polar surface area (TPSA) is 49.9 Å². The molecule has 0 aliphatic carbocycles. The fourth-order valence-corrected chi connectivity index (χ4v) is 2.38. The van der Waals surface area contributed by atoms with Crippen molar-refractivity contribution in [3.8, 4) is 5.75 Å². The molecule has 27 heavy (non-hydrogen) atoms. The summed E-state index contributed by atoms with van der Waals surface area (Å²) in [5.41, 5.74) is 0.819. The number of ether oxygens (including phenoxy) is 1. The van der Waals surface area contributed by atoms with E-state index in [1.165, 1.54) is 15.9 Å². The second kappa shape index (κ2) is 9.52. The second-order valence-electron chi connectivity index (χ2n) is 6.17. The third kappa shape index (κ3) is 5.67. The van der Waals surface area contributed by atoms with Gasteiger partial charge in [0, 0.05) is 38.3 Å². The number of rotatable bonds is 8. The number of nitrogens with zero attached hydrogens (tertiary/aromatic N) is 2. The molecule has 6 heteroatoms. The Morgan fingerprint density at radius 3 is 2.56 bits per heavy atom. The summed E-state index contributed by atoms with van der Waals surface area (Å²) in [4.78, 5) is 27.4. The Labute approximate surface area is 158 Å². The SMILES string of the molecule is C=CCN(Cc1ccccc1F)C(=O)c1cccc(OCC(=O)N(C)C)c1. The summed E-state index contributed by atoms with van der Waals surface area (Å²) < 4.78 is 19.4. The molecule has 0 atom stereocenters. The number of carbonyl (C=O) groups excluding carboxylic acids is 2. The van der Waals surface area contributed by atoms with E-state index in [0.717, 1.165) is 0 Å². The molecule has 0 bridgehead atoms. The average molecular weight is 370 g/mol. The Morgan fingerprint density at radius 2 is 1.89 bits per heavy atom. The van der Waals surface area contributed by atoms with Crippen LogP contribution < -0.4 is 4.74 Å². The van der Waals surface area contributed by atoms with E-state index < -0.39 is 0 Å². The van der Waals surface area contributed by atoms with Crippen LogP contribution in [0, 0.1) is 5.82 Å². The van der Waals surface area contributed by atoms with Crippen LogP contribution in [-0.2, 0) is 11.3 Å². The van der Waals surface area contributed by atoms with Gasteiger partial charge in [-0.1, -0.05) is 30.3 Å². The first kappa shape index (κ1) is 20.2. The van der Waals surface area contributed by atoms with Crippen molar-refractivity contribution in [2.24, 2.45) is 0 Å². The minimum absolute atomic E-state index is 0.115. The Balaban J connectivity index is 2.15. The van der Waals surface area contributed by atoms with Crippen LogP contribution in [0.25, 0.3) is 0 Å². The number of halogens is 1. The zero-order valence-electron chi connectivity index (χ0n) is 15.5. The van der Waals surface area contributed by atoms with Crippen LogP contribution in [0.2, 0.25) is 0 Å². The standard InChI is InChI=1S/C21H23FN2O3/c1-4-12-24(14-17-8-5-6-11-19(17)22)21(26)16-9-7-10-18(13-16)27-15-20(25)23(2)3/h4-11,13H,1,12,14-15H2,2-3H3. The largest absolute Gasteiger partial charge is 0.484 e. The first-order chi connectivity index (χ1) is 12.9. The summed E-state index contributed by atoms with van der Waals surface area (Å²) in [7, 11) is 3.28. The molecule has 2 aromatic rings. The molecule has 0 unspecified atom stereocenters. The van der Waals surface area contributed by atoms with Crippen LogP contribution >= 0.6 is 0 Å². The van der Waals surface area contributed by atoms with Crippen molar-refractivity contribution in [1.82, 2.24) is 9.80 Å². The molecule has 0 aliphatic rings. The lowest BCUT2D eigenvalue weighted by Crippen LogP contribution is -2.31. The quantitative estimate of drug-likeness (QED) is 0.671. The van der Waals surface area contributed by atoms with Gasteiger partial charge in [0.2, 0.25) is 0 Å². The van der Waals surface area contributed by atoms with Crippen LogP contribution in [0.1, 0.15) is 15.9 Å². The highest BCUT2D eigenvalue weighted by Gasteiger charge is 2.17. The number of likely N-dealkylation sites (N-methyl/N-ethyl adjacent to an activating group) is 1. The van der Waals surface area contributed by atoms with Gasteiger partial charge in [-0.3, -0.25) is 9.59 Å². The van der Waals surface area contributed by atoms with Crippen LogP contribution in [0.5, 0.6) is 5.75 Å². The number of benzene rings is 2. The Bertz CT molecular complexity index is 821. The Hall–Kier alpha value is -3.15.